The van der Waals surface area contributed by atoms with Crippen LogP contribution in [0.1, 0.15) is 18.4 Å². The van der Waals surface area contributed by atoms with Gasteiger partial charge in [0.05, 0.1) is 13.2 Å². The van der Waals surface area contributed by atoms with Gasteiger partial charge < -0.3 is 20.3 Å². The third-order valence-corrected chi connectivity index (χ3v) is 2.62. The van der Waals surface area contributed by atoms with E-state index in [1.165, 1.54) is 0 Å². The van der Waals surface area contributed by atoms with Gasteiger partial charge in [-0.3, -0.25) is 0 Å². The van der Waals surface area contributed by atoms with Gasteiger partial charge in [-0.2, -0.15) is 0 Å². The Bertz CT molecular complexity index is 366. The van der Waals surface area contributed by atoms with Gasteiger partial charge in [-0.25, -0.2) is 0 Å². The highest BCUT2D eigenvalue weighted by Crippen LogP contribution is 2.39. The summed E-state index contributed by atoms with van der Waals surface area (Å²) in [6.07, 6.45) is 2.41. The Balaban J connectivity index is 2.32. The molecule has 0 aromatic heterocycles. The molecule has 1 heterocycles. The standard InChI is InChI=1S/C12H17NO3/c13-6-1-3-9-10(14)4-5-11-12(9)16-8-2-7-15-11/h4-5,14H,1-3,6-8,13H2. The van der Waals surface area contributed by atoms with Gasteiger partial charge in [-0.15, -0.1) is 0 Å². The number of hydrogen-bond acceptors (Lipinski definition) is 4. The summed E-state index contributed by atoms with van der Waals surface area (Å²) < 4.78 is 11.2. The fraction of sp³-hybridized carbons (Fsp3) is 0.500. The minimum atomic E-state index is 0.262. The van der Waals surface area contributed by atoms with Gasteiger partial charge in [-0.05, 0) is 31.5 Å². The van der Waals surface area contributed by atoms with Crippen LogP contribution in [0.2, 0.25) is 0 Å². The van der Waals surface area contributed by atoms with E-state index in [-0.39, 0.29) is 5.75 Å². The second-order valence-corrected chi connectivity index (χ2v) is 3.83. The SMILES string of the molecule is NCCCc1c(O)ccc2c1OCCCO2. The minimum absolute atomic E-state index is 0.262. The maximum Gasteiger partial charge on any atom is 0.168 e. The second kappa shape index (κ2) is 5.07. The van der Waals surface area contributed by atoms with E-state index in [4.69, 9.17) is 15.2 Å². The number of phenolic OH excluding ortho intramolecular Hbond substituents is 1. The lowest BCUT2D eigenvalue weighted by Gasteiger charge is -2.13. The third kappa shape index (κ3) is 2.22. The quantitative estimate of drug-likeness (QED) is 0.814. The van der Waals surface area contributed by atoms with Crippen LogP contribution in [0.25, 0.3) is 0 Å². The molecule has 1 aliphatic heterocycles. The summed E-state index contributed by atoms with van der Waals surface area (Å²) in [7, 11) is 0. The van der Waals surface area contributed by atoms with Crippen LogP contribution in [0.5, 0.6) is 17.2 Å². The molecule has 0 bridgehead atoms. The van der Waals surface area contributed by atoms with Gasteiger partial charge in [0.15, 0.2) is 11.5 Å². The van der Waals surface area contributed by atoms with Crippen molar-refractivity contribution >= 4 is 0 Å². The van der Waals surface area contributed by atoms with Crippen LogP contribution in [0.4, 0.5) is 0 Å². The van der Waals surface area contributed by atoms with Crippen LogP contribution in [0.3, 0.4) is 0 Å². The Morgan fingerprint density at radius 1 is 1.25 bits per heavy atom. The number of benzene rings is 1. The molecule has 0 amide bonds. The molecule has 1 aliphatic rings. The Morgan fingerprint density at radius 2 is 2.06 bits per heavy atom. The van der Waals surface area contributed by atoms with Crippen LogP contribution in [-0.4, -0.2) is 24.9 Å². The van der Waals surface area contributed by atoms with E-state index >= 15 is 0 Å². The Kier molecular flexibility index (Phi) is 3.51. The predicted molar refractivity (Wildman–Crippen MR) is 61.1 cm³/mol. The molecular formula is C12H17NO3. The molecule has 4 nitrogen and oxygen atoms in total. The van der Waals surface area contributed by atoms with Crippen LogP contribution < -0.4 is 15.2 Å². The molecule has 16 heavy (non-hydrogen) atoms. The van der Waals surface area contributed by atoms with Gasteiger partial charge in [0.1, 0.15) is 5.75 Å². The van der Waals surface area contributed by atoms with Crippen LogP contribution in [0, 0.1) is 0 Å². The molecule has 1 aromatic rings. The second-order valence-electron chi connectivity index (χ2n) is 3.83. The van der Waals surface area contributed by atoms with Crippen molar-refractivity contribution in [3.8, 4) is 17.2 Å². The van der Waals surface area contributed by atoms with Gasteiger partial charge in [-0.1, -0.05) is 0 Å². The lowest BCUT2D eigenvalue weighted by atomic mass is 10.1. The molecule has 88 valence electrons. The first-order valence-electron chi connectivity index (χ1n) is 5.63. The number of nitrogens with two attached hydrogens (primary N) is 1. The average molecular weight is 223 g/mol. The molecule has 2 rings (SSSR count). The lowest BCUT2D eigenvalue weighted by molar-refractivity contribution is 0.295. The molecule has 3 N–H and O–H groups in total. The Labute approximate surface area is 95.0 Å². The normalized spacial score (nSPS) is 14.6. The first-order chi connectivity index (χ1) is 7.83. The first-order valence-corrected chi connectivity index (χ1v) is 5.63. The van der Waals surface area contributed by atoms with Crippen molar-refractivity contribution in [2.45, 2.75) is 19.3 Å². The molecule has 0 unspecified atom stereocenters. The van der Waals surface area contributed by atoms with Crippen molar-refractivity contribution in [2.24, 2.45) is 5.73 Å². The van der Waals surface area contributed by atoms with E-state index in [1.807, 2.05) is 0 Å². The first kappa shape index (κ1) is 11.1. The molecule has 0 radical (unpaired) electrons. The summed E-state index contributed by atoms with van der Waals surface area (Å²) in [5.41, 5.74) is 6.29. The van der Waals surface area contributed by atoms with Crippen LogP contribution in [-0.2, 0) is 6.42 Å². The monoisotopic (exact) mass is 223 g/mol. The number of phenols is 1. The fourth-order valence-electron chi connectivity index (χ4n) is 1.80. The molecular weight excluding hydrogens is 206 g/mol. The molecule has 0 saturated heterocycles. The number of rotatable bonds is 3. The van der Waals surface area contributed by atoms with Gasteiger partial charge >= 0.3 is 0 Å². The molecule has 0 saturated carbocycles. The van der Waals surface area contributed by atoms with E-state index < -0.39 is 0 Å². The van der Waals surface area contributed by atoms with Crippen molar-refractivity contribution in [1.82, 2.24) is 0 Å². The number of aromatic hydroxyl groups is 1. The van der Waals surface area contributed by atoms with E-state index in [0.717, 1.165) is 30.6 Å². The van der Waals surface area contributed by atoms with Gasteiger partial charge in [0.25, 0.3) is 0 Å². The molecule has 0 spiro atoms. The van der Waals surface area contributed by atoms with E-state index in [1.54, 1.807) is 12.1 Å². The van der Waals surface area contributed by atoms with Crippen LogP contribution >= 0.6 is 0 Å². The van der Waals surface area contributed by atoms with Gasteiger partial charge in [0.2, 0.25) is 0 Å². The van der Waals surface area contributed by atoms with E-state index in [2.05, 4.69) is 0 Å². The Hall–Kier alpha value is -1.42. The van der Waals surface area contributed by atoms with E-state index in [9.17, 15) is 5.11 Å². The zero-order valence-corrected chi connectivity index (χ0v) is 9.24. The predicted octanol–water partition coefficient (Wildman–Crippen LogP) is 1.44. The fourth-order valence-corrected chi connectivity index (χ4v) is 1.80. The van der Waals surface area contributed by atoms with Crippen molar-refractivity contribution < 1.29 is 14.6 Å². The van der Waals surface area contributed by atoms with Crippen LogP contribution in [0.15, 0.2) is 12.1 Å². The number of fused-ring (bicyclic) bond motifs is 1. The van der Waals surface area contributed by atoms with Crippen molar-refractivity contribution in [3.05, 3.63) is 17.7 Å². The minimum Gasteiger partial charge on any atom is -0.508 e. The highest BCUT2D eigenvalue weighted by molar-refractivity contribution is 5.53. The van der Waals surface area contributed by atoms with Crippen molar-refractivity contribution in [1.29, 1.82) is 0 Å². The summed E-state index contributed by atoms with van der Waals surface area (Å²) in [5, 5.41) is 9.81. The third-order valence-electron chi connectivity index (χ3n) is 2.62. The number of ether oxygens (including phenoxy) is 2. The summed E-state index contributed by atoms with van der Waals surface area (Å²) in [6, 6.07) is 3.40. The Morgan fingerprint density at radius 3 is 2.88 bits per heavy atom. The maximum absolute atomic E-state index is 9.81. The lowest BCUT2D eigenvalue weighted by Crippen LogP contribution is -2.03. The smallest absolute Gasteiger partial charge is 0.168 e. The van der Waals surface area contributed by atoms with Gasteiger partial charge in [0, 0.05) is 12.0 Å². The molecule has 4 heteroatoms. The maximum atomic E-state index is 9.81. The molecule has 0 fully saturated rings. The van der Waals surface area contributed by atoms with E-state index in [0.29, 0.717) is 25.5 Å². The highest BCUT2D eigenvalue weighted by atomic mass is 16.5. The molecule has 0 atom stereocenters. The summed E-state index contributed by atoms with van der Waals surface area (Å²) >= 11 is 0. The average Bonchev–Trinajstić information content (AvgIpc) is 2.53. The summed E-state index contributed by atoms with van der Waals surface area (Å²) in [4.78, 5) is 0. The zero-order valence-electron chi connectivity index (χ0n) is 9.24. The topological polar surface area (TPSA) is 64.7 Å². The summed E-state index contributed by atoms with van der Waals surface area (Å²) in [5.74, 6) is 1.67. The number of hydrogen-bond donors (Lipinski definition) is 2. The highest BCUT2D eigenvalue weighted by Gasteiger charge is 2.17. The molecule has 0 aliphatic carbocycles. The zero-order chi connectivity index (χ0) is 11.4. The largest absolute Gasteiger partial charge is 0.508 e. The molecule has 1 aromatic carbocycles. The summed E-state index contributed by atoms with van der Waals surface area (Å²) in [6.45, 7) is 1.89. The van der Waals surface area contributed by atoms with Crippen molar-refractivity contribution in [3.63, 3.8) is 0 Å². The van der Waals surface area contributed by atoms with Crippen molar-refractivity contribution in [2.75, 3.05) is 19.8 Å².